The van der Waals surface area contributed by atoms with E-state index in [0.717, 1.165) is 16.2 Å². The second-order valence-electron chi connectivity index (χ2n) is 1.88. The molecule has 0 aliphatic heterocycles. The zero-order chi connectivity index (χ0) is 7.28. The average Bonchev–Trinajstić information content (AvgIpc) is 1.63. The Kier molecular flexibility index (Phi) is 5.56. The van der Waals surface area contributed by atoms with Crippen LogP contribution < -0.4 is 0 Å². The second-order valence-corrected chi connectivity index (χ2v) is 3.86. The Balaban J connectivity index is 3.99. The van der Waals surface area contributed by atoms with Crippen LogP contribution in [-0.4, -0.2) is 5.33 Å². The highest BCUT2D eigenvalue weighted by atomic mass is 79.9. The Morgan fingerprint density at radius 3 is 2.33 bits per heavy atom. The van der Waals surface area contributed by atoms with E-state index in [2.05, 4.69) is 44.5 Å². The third-order valence-corrected chi connectivity index (χ3v) is 1.45. The zero-order valence-electron chi connectivity index (χ0n) is 5.67. The summed E-state index contributed by atoms with van der Waals surface area (Å²) in [5, 5.41) is 1.02. The normalized spacial score (nSPS) is 8.44. The van der Waals surface area contributed by atoms with E-state index in [9.17, 15) is 0 Å². The van der Waals surface area contributed by atoms with Crippen molar-refractivity contribution in [3.63, 3.8) is 0 Å². The average molecular weight is 254 g/mol. The maximum Gasteiger partial charge on any atom is 0.0336 e. The highest BCUT2D eigenvalue weighted by molar-refractivity contribution is 9.11. The lowest BCUT2D eigenvalue weighted by Crippen LogP contribution is -1.73. The summed E-state index contributed by atoms with van der Waals surface area (Å²) in [6.07, 6.45) is 1.07. The van der Waals surface area contributed by atoms with Crippen LogP contribution in [0.4, 0.5) is 0 Å². The summed E-state index contributed by atoms with van der Waals surface area (Å²) in [5.74, 6) is 0. The van der Waals surface area contributed by atoms with Gasteiger partial charge in [0, 0.05) is 9.81 Å². The fraction of sp³-hybridized carbons (Fsp3) is 0.571. The SMILES string of the molecule is CC(Br)=C=C(C)CCBr. The van der Waals surface area contributed by atoms with Gasteiger partial charge < -0.3 is 0 Å². The van der Waals surface area contributed by atoms with E-state index in [0.29, 0.717) is 0 Å². The smallest absolute Gasteiger partial charge is 0.0336 e. The van der Waals surface area contributed by atoms with Gasteiger partial charge in [-0.2, -0.15) is 0 Å². The van der Waals surface area contributed by atoms with Crippen LogP contribution in [-0.2, 0) is 0 Å². The van der Waals surface area contributed by atoms with Crippen LogP contribution in [0.3, 0.4) is 0 Å². The van der Waals surface area contributed by atoms with E-state index >= 15 is 0 Å². The standard InChI is InChI=1S/C7H10Br2/c1-6(3-4-8)5-7(2)9/h3-4H2,1-2H3. The molecule has 0 rings (SSSR count). The molecule has 0 fully saturated rings. The van der Waals surface area contributed by atoms with E-state index < -0.39 is 0 Å². The molecule has 0 heterocycles. The van der Waals surface area contributed by atoms with Crippen molar-refractivity contribution < 1.29 is 0 Å². The van der Waals surface area contributed by atoms with Gasteiger partial charge in [-0.3, -0.25) is 0 Å². The Bertz CT molecular complexity index is 137. The Morgan fingerprint density at radius 1 is 1.44 bits per heavy atom. The minimum atomic E-state index is 1.02. The maximum atomic E-state index is 3.35. The van der Waals surface area contributed by atoms with Crippen LogP contribution in [0.2, 0.25) is 0 Å². The van der Waals surface area contributed by atoms with Crippen LogP contribution >= 0.6 is 31.9 Å². The Morgan fingerprint density at radius 2 is 2.00 bits per heavy atom. The molecule has 0 aliphatic carbocycles. The first-order chi connectivity index (χ1) is 4.16. The summed E-state index contributed by atoms with van der Waals surface area (Å²) in [4.78, 5) is 0. The van der Waals surface area contributed by atoms with E-state index in [-0.39, 0.29) is 0 Å². The first-order valence-electron chi connectivity index (χ1n) is 2.81. The third-order valence-electron chi connectivity index (χ3n) is 0.855. The van der Waals surface area contributed by atoms with Crippen molar-refractivity contribution in [3.05, 3.63) is 15.8 Å². The zero-order valence-corrected chi connectivity index (χ0v) is 8.84. The van der Waals surface area contributed by atoms with Crippen molar-refractivity contribution in [3.8, 4) is 0 Å². The van der Waals surface area contributed by atoms with Gasteiger partial charge in [-0.05, 0) is 41.8 Å². The molecular weight excluding hydrogens is 244 g/mol. The lowest BCUT2D eigenvalue weighted by atomic mass is 10.2. The number of hydrogen-bond acceptors (Lipinski definition) is 0. The van der Waals surface area contributed by atoms with Gasteiger partial charge in [0.2, 0.25) is 0 Å². The molecule has 0 bridgehead atoms. The van der Waals surface area contributed by atoms with Crippen molar-refractivity contribution in [2.45, 2.75) is 20.3 Å². The molecule has 2 heteroatoms. The van der Waals surface area contributed by atoms with Gasteiger partial charge in [-0.15, -0.1) is 5.73 Å². The maximum absolute atomic E-state index is 3.35. The number of halogens is 2. The summed E-state index contributed by atoms with van der Waals surface area (Å²) in [6, 6.07) is 0. The van der Waals surface area contributed by atoms with Gasteiger partial charge in [0.1, 0.15) is 0 Å². The minimum Gasteiger partial charge on any atom is -0.111 e. The summed E-state index contributed by atoms with van der Waals surface area (Å²) >= 11 is 6.67. The highest BCUT2D eigenvalue weighted by Crippen LogP contribution is 2.05. The quantitative estimate of drug-likeness (QED) is 0.521. The molecule has 0 saturated heterocycles. The van der Waals surface area contributed by atoms with E-state index in [1.165, 1.54) is 5.57 Å². The molecular formula is C7H10Br2. The summed E-state index contributed by atoms with van der Waals surface area (Å²) in [6.45, 7) is 4.06. The van der Waals surface area contributed by atoms with E-state index in [1.54, 1.807) is 0 Å². The van der Waals surface area contributed by atoms with Crippen LogP contribution in [0, 0.1) is 0 Å². The molecule has 0 nitrogen and oxygen atoms in total. The topological polar surface area (TPSA) is 0 Å². The van der Waals surface area contributed by atoms with Gasteiger partial charge in [0.25, 0.3) is 0 Å². The fourth-order valence-corrected chi connectivity index (χ4v) is 1.43. The molecule has 52 valence electrons. The van der Waals surface area contributed by atoms with Crippen LogP contribution in [0.5, 0.6) is 0 Å². The van der Waals surface area contributed by atoms with Crippen molar-refractivity contribution in [2.24, 2.45) is 0 Å². The molecule has 0 spiro atoms. The molecule has 0 N–H and O–H groups in total. The largest absolute Gasteiger partial charge is 0.111 e. The fourth-order valence-electron chi connectivity index (χ4n) is 0.498. The van der Waals surface area contributed by atoms with Gasteiger partial charge in [-0.25, -0.2) is 0 Å². The number of allylic oxidation sites excluding steroid dienone is 1. The van der Waals surface area contributed by atoms with Gasteiger partial charge >= 0.3 is 0 Å². The summed E-state index contributed by atoms with van der Waals surface area (Å²) < 4.78 is 1.07. The van der Waals surface area contributed by atoms with Crippen molar-refractivity contribution in [1.82, 2.24) is 0 Å². The van der Waals surface area contributed by atoms with Gasteiger partial charge in [0.15, 0.2) is 0 Å². The van der Waals surface area contributed by atoms with E-state index in [1.807, 2.05) is 6.92 Å². The van der Waals surface area contributed by atoms with Crippen molar-refractivity contribution in [2.75, 3.05) is 5.33 Å². The molecule has 0 saturated carbocycles. The highest BCUT2D eigenvalue weighted by Gasteiger charge is 1.84. The lowest BCUT2D eigenvalue weighted by Gasteiger charge is -1.88. The predicted molar refractivity (Wildman–Crippen MR) is 49.2 cm³/mol. The van der Waals surface area contributed by atoms with E-state index in [4.69, 9.17) is 0 Å². The second kappa shape index (κ2) is 5.28. The summed E-state index contributed by atoms with van der Waals surface area (Å²) in [7, 11) is 0. The number of hydrogen-bond donors (Lipinski definition) is 0. The third kappa shape index (κ3) is 6.36. The first kappa shape index (κ1) is 9.48. The lowest BCUT2D eigenvalue weighted by molar-refractivity contribution is 1.13. The molecule has 0 amide bonds. The monoisotopic (exact) mass is 252 g/mol. The molecule has 9 heavy (non-hydrogen) atoms. The molecule has 0 atom stereocenters. The van der Waals surface area contributed by atoms with Gasteiger partial charge in [0.05, 0.1) is 0 Å². The molecule has 0 aromatic carbocycles. The predicted octanol–water partition coefficient (Wildman–Crippen LogP) is 3.62. The number of rotatable bonds is 2. The van der Waals surface area contributed by atoms with Crippen LogP contribution in [0.15, 0.2) is 15.8 Å². The van der Waals surface area contributed by atoms with Crippen molar-refractivity contribution >= 4 is 31.9 Å². The number of alkyl halides is 1. The molecule has 0 aromatic rings. The summed E-state index contributed by atoms with van der Waals surface area (Å²) in [5.41, 5.74) is 4.44. The van der Waals surface area contributed by atoms with Crippen molar-refractivity contribution in [1.29, 1.82) is 0 Å². The molecule has 0 unspecified atom stereocenters. The Labute approximate surface area is 73.3 Å². The van der Waals surface area contributed by atoms with Crippen LogP contribution in [0.25, 0.3) is 0 Å². The molecule has 0 radical (unpaired) electrons. The molecule has 0 aliphatic rings. The van der Waals surface area contributed by atoms with Gasteiger partial charge in [-0.1, -0.05) is 15.9 Å². The first-order valence-corrected chi connectivity index (χ1v) is 4.72. The van der Waals surface area contributed by atoms with Crippen LogP contribution in [0.1, 0.15) is 20.3 Å². The Hall–Kier alpha value is 0.480. The minimum absolute atomic E-state index is 1.02. The molecule has 0 aromatic heterocycles.